The Morgan fingerprint density at radius 1 is 1.10 bits per heavy atom. The van der Waals surface area contributed by atoms with E-state index in [1.54, 1.807) is 0 Å². The number of anilines is 1. The molecule has 1 saturated carbocycles. The molecule has 0 bridgehead atoms. The van der Waals surface area contributed by atoms with E-state index in [4.69, 9.17) is 0 Å². The molecular formula is C24H31FN4O2. The maximum Gasteiger partial charge on any atom is 0.209 e. The van der Waals surface area contributed by atoms with Crippen LogP contribution in [-0.2, 0) is 4.79 Å². The summed E-state index contributed by atoms with van der Waals surface area (Å²) >= 11 is 0. The Morgan fingerprint density at radius 2 is 1.81 bits per heavy atom. The molecule has 1 aromatic heterocycles. The van der Waals surface area contributed by atoms with Gasteiger partial charge in [-0.25, -0.2) is 14.4 Å². The zero-order chi connectivity index (χ0) is 21.6. The van der Waals surface area contributed by atoms with Gasteiger partial charge in [-0.05, 0) is 75.1 Å². The van der Waals surface area contributed by atoms with Gasteiger partial charge in [0.25, 0.3) is 0 Å². The minimum Gasteiger partial charge on any atom is -0.393 e. The summed E-state index contributed by atoms with van der Waals surface area (Å²) in [5.41, 5.74) is 2.04. The highest BCUT2D eigenvalue weighted by molar-refractivity contribution is 5.60. The van der Waals surface area contributed by atoms with Crippen LogP contribution in [0.5, 0.6) is 0 Å². The maximum atomic E-state index is 13.0. The standard InChI is InChI=1S/C24H31FN4O2/c25-20-14-26-24(27-15-20)19-3-5-21(6-4-19)28-12-1-2-18(16-28)11-13-29(17-30)22-7-9-23(31)10-8-22/h3-6,14-15,17-18,22-23,31H,1-2,7-13,16H2. The summed E-state index contributed by atoms with van der Waals surface area (Å²) in [7, 11) is 0. The molecule has 1 aliphatic carbocycles. The Kier molecular flexibility index (Phi) is 7.12. The number of aliphatic hydroxyl groups is 1. The number of nitrogens with zero attached hydrogens (tertiary/aromatic N) is 4. The average Bonchev–Trinajstić information content (AvgIpc) is 2.81. The number of carbonyl (C=O) groups is 1. The Balaban J connectivity index is 1.31. The van der Waals surface area contributed by atoms with Gasteiger partial charge in [-0.2, -0.15) is 0 Å². The maximum absolute atomic E-state index is 13.0. The minimum atomic E-state index is -0.436. The van der Waals surface area contributed by atoms with Crippen LogP contribution in [0.4, 0.5) is 10.1 Å². The first-order valence-electron chi connectivity index (χ1n) is 11.3. The molecule has 1 aromatic carbocycles. The Labute approximate surface area is 183 Å². The first kappa shape index (κ1) is 21.7. The number of hydrogen-bond donors (Lipinski definition) is 1. The molecule has 1 aliphatic heterocycles. The van der Waals surface area contributed by atoms with Crippen molar-refractivity contribution in [1.82, 2.24) is 14.9 Å². The molecule has 2 aliphatic rings. The largest absolute Gasteiger partial charge is 0.393 e. The van der Waals surface area contributed by atoms with E-state index >= 15 is 0 Å². The summed E-state index contributed by atoms with van der Waals surface area (Å²) in [6.07, 6.45) is 9.91. The van der Waals surface area contributed by atoms with E-state index in [1.165, 1.54) is 24.5 Å². The highest BCUT2D eigenvalue weighted by Crippen LogP contribution is 2.28. The first-order chi connectivity index (χ1) is 15.1. The lowest BCUT2D eigenvalue weighted by atomic mass is 9.90. The molecule has 7 heteroatoms. The van der Waals surface area contributed by atoms with Gasteiger partial charge in [-0.1, -0.05) is 0 Å². The van der Waals surface area contributed by atoms with E-state index in [-0.39, 0.29) is 12.1 Å². The number of aliphatic hydroxyl groups excluding tert-OH is 1. The van der Waals surface area contributed by atoms with Crippen LogP contribution in [-0.4, -0.2) is 58.2 Å². The second-order valence-corrected chi connectivity index (χ2v) is 8.82. The van der Waals surface area contributed by atoms with Gasteiger partial charge in [0.15, 0.2) is 11.6 Å². The van der Waals surface area contributed by atoms with E-state index in [9.17, 15) is 14.3 Å². The minimum absolute atomic E-state index is 0.197. The van der Waals surface area contributed by atoms with Crippen molar-refractivity contribution in [1.29, 1.82) is 0 Å². The molecule has 1 N–H and O–H groups in total. The predicted octanol–water partition coefficient (Wildman–Crippen LogP) is 3.65. The van der Waals surface area contributed by atoms with Gasteiger partial charge in [0, 0.05) is 36.9 Å². The fourth-order valence-corrected chi connectivity index (χ4v) is 4.86. The van der Waals surface area contributed by atoms with E-state index in [2.05, 4.69) is 27.0 Å². The lowest BCUT2D eigenvalue weighted by Gasteiger charge is -2.37. The molecule has 1 amide bonds. The van der Waals surface area contributed by atoms with Gasteiger partial charge in [0.05, 0.1) is 18.5 Å². The smallest absolute Gasteiger partial charge is 0.209 e. The van der Waals surface area contributed by atoms with Crippen molar-refractivity contribution in [3.8, 4) is 11.4 Å². The van der Waals surface area contributed by atoms with E-state index in [0.717, 1.165) is 70.1 Å². The Hall–Kier alpha value is -2.54. The van der Waals surface area contributed by atoms with E-state index in [0.29, 0.717) is 11.7 Å². The van der Waals surface area contributed by atoms with Gasteiger partial charge < -0.3 is 14.9 Å². The second kappa shape index (κ2) is 10.2. The molecule has 2 heterocycles. The van der Waals surface area contributed by atoms with Crippen molar-refractivity contribution in [3.05, 3.63) is 42.5 Å². The van der Waals surface area contributed by atoms with Crippen LogP contribution >= 0.6 is 0 Å². The third kappa shape index (κ3) is 5.58. The lowest BCUT2D eigenvalue weighted by Crippen LogP contribution is -2.41. The average molecular weight is 427 g/mol. The van der Waals surface area contributed by atoms with E-state index in [1.807, 2.05) is 17.0 Å². The molecule has 0 spiro atoms. The number of hydrogen-bond acceptors (Lipinski definition) is 5. The van der Waals surface area contributed by atoms with Crippen LogP contribution in [0, 0.1) is 11.7 Å². The Bertz CT molecular complexity index is 838. The molecule has 1 unspecified atom stereocenters. The fraction of sp³-hybridized carbons (Fsp3) is 0.542. The second-order valence-electron chi connectivity index (χ2n) is 8.82. The zero-order valence-corrected chi connectivity index (χ0v) is 17.9. The molecule has 1 saturated heterocycles. The third-order valence-corrected chi connectivity index (χ3v) is 6.70. The summed E-state index contributed by atoms with van der Waals surface area (Å²) in [6.45, 7) is 2.81. The van der Waals surface area contributed by atoms with Crippen LogP contribution in [0.3, 0.4) is 0 Å². The molecule has 0 radical (unpaired) electrons. The van der Waals surface area contributed by atoms with Crippen LogP contribution in [0.25, 0.3) is 11.4 Å². The number of rotatable bonds is 7. The molecule has 166 valence electrons. The van der Waals surface area contributed by atoms with Crippen molar-refractivity contribution < 1.29 is 14.3 Å². The molecule has 6 nitrogen and oxygen atoms in total. The molecule has 1 atom stereocenters. The van der Waals surface area contributed by atoms with Crippen molar-refractivity contribution in [2.75, 3.05) is 24.5 Å². The zero-order valence-electron chi connectivity index (χ0n) is 17.9. The normalized spacial score (nSPS) is 24.1. The van der Waals surface area contributed by atoms with E-state index < -0.39 is 5.82 Å². The van der Waals surface area contributed by atoms with Gasteiger partial charge in [-0.3, -0.25) is 4.79 Å². The summed E-state index contributed by atoms with van der Waals surface area (Å²) in [6, 6.07) is 8.41. The summed E-state index contributed by atoms with van der Waals surface area (Å²) in [5.74, 6) is 0.646. The van der Waals surface area contributed by atoms with Gasteiger partial charge >= 0.3 is 0 Å². The van der Waals surface area contributed by atoms with Crippen LogP contribution < -0.4 is 4.90 Å². The molecule has 2 fully saturated rings. The lowest BCUT2D eigenvalue weighted by molar-refractivity contribution is -0.121. The van der Waals surface area contributed by atoms with Crippen molar-refractivity contribution in [2.45, 2.75) is 57.1 Å². The highest BCUT2D eigenvalue weighted by Gasteiger charge is 2.26. The monoisotopic (exact) mass is 426 g/mol. The molecule has 2 aromatic rings. The number of benzene rings is 1. The molecular weight excluding hydrogens is 395 g/mol. The van der Waals surface area contributed by atoms with Crippen LogP contribution in [0.15, 0.2) is 36.7 Å². The van der Waals surface area contributed by atoms with Gasteiger partial charge in [0.2, 0.25) is 6.41 Å². The van der Waals surface area contributed by atoms with Crippen molar-refractivity contribution in [3.63, 3.8) is 0 Å². The van der Waals surface area contributed by atoms with Gasteiger partial charge in [0.1, 0.15) is 0 Å². The predicted molar refractivity (Wildman–Crippen MR) is 118 cm³/mol. The topological polar surface area (TPSA) is 69.6 Å². The highest BCUT2D eigenvalue weighted by atomic mass is 19.1. The fourth-order valence-electron chi connectivity index (χ4n) is 4.86. The quantitative estimate of drug-likeness (QED) is 0.685. The summed E-state index contributed by atoms with van der Waals surface area (Å²) in [4.78, 5) is 24.1. The van der Waals surface area contributed by atoms with Crippen LogP contribution in [0.2, 0.25) is 0 Å². The molecule has 4 rings (SSSR count). The number of carbonyl (C=O) groups excluding carboxylic acids is 1. The first-order valence-corrected chi connectivity index (χ1v) is 11.3. The van der Waals surface area contributed by atoms with Crippen molar-refractivity contribution in [2.24, 2.45) is 5.92 Å². The van der Waals surface area contributed by atoms with Crippen molar-refractivity contribution >= 4 is 12.1 Å². The van der Waals surface area contributed by atoms with Crippen LogP contribution in [0.1, 0.15) is 44.9 Å². The SMILES string of the molecule is O=CN(CCC1CCCN(c2ccc(-c3ncc(F)cn3)cc2)C1)C1CCC(O)CC1. The summed E-state index contributed by atoms with van der Waals surface area (Å²) in [5, 5.41) is 9.71. The number of halogens is 1. The number of amides is 1. The third-order valence-electron chi connectivity index (χ3n) is 6.70. The molecule has 31 heavy (non-hydrogen) atoms. The summed E-state index contributed by atoms with van der Waals surface area (Å²) < 4.78 is 13.0. The number of aromatic nitrogens is 2. The number of piperidine rings is 1. The Morgan fingerprint density at radius 3 is 2.48 bits per heavy atom. The van der Waals surface area contributed by atoms with Gasteiger partial charge in [-0.15, -0.1) is 0 Å².